The van der Waals surface area contributed by atoms with Crippen molar-refractivity contribution in [3.8, 4) is 0 Å². The molecule has 0 atom stereocenters. The lowest BCUT2D eigenvalue weighted by Crippen LogP contribution is -2.36. The van der Waals surface area contributed by atoms with E-state index < -0.39 is 0 Å². The second-order valence-corrected chi connectivity index (χ2v) is 4.78. The Morgan fingerprint density at radius 1 is 1.26 bits per heavy atom. The zero-order valence-electron chi connectivity index (χ0n) is 11.9. The van der Waals surface area contributed by atoms with Gasteiger partial charge in [-0.3, -0.25) is 9.69 Å². The van der Waals surface area contributed by atoms with E-state index in [9.17, 15) is 4.79 Å². The third-order valence-electron chi connectivity index (χ3n) is 2.96. The number of rotatable bonds is 7. The van der Waals surface area contributed by atoms with Gasteiger partial charge in [-0.1, -0.05) is 24.3 Å². The maximum Gasteiger partial charge on any atom is 0.320 e. The molecule has 1 aromatic carbocycles. The van der Waals surface area contributed by atoms with Gasteiger partial charge in [-0.25, -0.2) is 0 Å². The molecule has 0 radical (unpaired) electrons. The molecular weight excluding hydrogens is 242 g/mol. The fourth-order valence-corrected chi connectivity index (χ4v) is 1.78. The summed E-state index contributed by atoms with van der Waals surface area (Å²) in [5, 5.41) is 9.01. The standard InChI is InChI=1S/C15H23NO3/c1-4-19-15(18)10-16(12(2)3)9-13-5-7-14(11-17)8-6-13/h5-8,12,17H,4,9-11H2,1-3H3. The van der Waals surface area contributed by atoms with E-state index in [4.69, 9.17) is 9.84 Å². The van der Waals surface area contributed by atoms with Crippen molar-refractivity contribution in [2.24, 2.45) is 0 Å². The average Bonchev–Trinajstić information content (AvgIpc) is 2.39. The Morgan fingerprint density at radius 3 is 2.32 bits per heavy atom. The summed E-state index contributed by atoms with van der Waals surface area (Å²) in [4.78, 5) is 13.6. The quantitative estimate of drug-likeness (QED) is 0.766. The number of ether oxygens (including phenoxy) is 1. The SMILES string of the molecule is CCOC(=O)CN(Cc1ccc(CO)cc1)C(C)C. The van der Waals surface area contributed by atoms with Crippen LogP contribution in [0.1, 0.15) is 31.9 Å². The molecule has 0 amide bonds. The van der Waals surface area contributed by atoms with Crippen molar-refractivity contribution < 1.29 is 14.6 Å². The number of aliphatic hydroxyl groups is 1. The Morgan fingerprint density at radius 2 is 1.84 bits per heavy atom. The highest BCUT2D eigenvalue weighted by atomic mass is 16.5. The van der Waals surface area contributed by atoms with Crippen LogP contribution in [0.25, 0.3) is 0 Å². The molecular formula is C15H23NO3. The Kier molecular flexibility index (Phi) is 6.53. The van der Waals surface area contributed by atoms with Crippen molar-refractivity contribution >= 4 is 5.97 Å². The summed E-state index contributed by atoms with van der Waals surface area (Å²) >= 11 is 0. The minimum Gasteiger partial charge on any atom is -0.465 e. The number of esters is 1. The number of hydrogen-bond acceptors (Lipinski definition) is 4. The Balaban J connectivity index is 2.64. The Bertz CT molecular complexity index is 387. The summed E-state index contributed by atoms with van der Waals surface area (Å²) in [5.41, 5.74) is 2.01. The summed E-state index contributed by atoms with van der Waals surface area (Å²) < 4.78 is 4.98. The lowest BCUT2D eigenvalue weighted by molar-refractivity contribution is -0.145. The van der Waals surface area contributed by atoms with Crippen molar-refractivity contribution in [3.05, 3.63) is 35.4 Å². The first-order valence-corrected chi connectivity index (χ1v) is 6.65. The van der Waals surface area contributed by atoms with E-state index in [0.29, 0.717) is 19.7 Å². The highest BCUT2D eigenvalue weighted by Crippen LogP contribution is 2.10. The van der Waals surface area contributed by atoms with E-state index in [1.807, 2.05) is 31.2 Å². The van der Waals surface area contributed by atoms with E-state index in [-0.39, 0.29) is 18.6 Å². The molecule has 0 saturated heterocycles. The van der Waals surface area contributed by atoms with Crippen molar-refractivity contribution in [1.29, 1.82) is 0 Å². The molecule has 0 spiro atoms. The maximum absolute atomic E-state index is 11.6. The smallest absolute Gasteiger partial charge is 0.320 e. The fraction of sp³-hybridized carbons (Fsp3) is 0.533. The van der Waals surface area contributed by atoms with Crippen LogP contribution in [-0.4, -0.2) is 35.2 Å². The summed E-state index contributed by atoms with van der Waals surface area (Å²) in [6, 6.07) is 8.02. The molecule has 19 heavy (non-hydrogen) atoms. The van der Waals surface area contributed by atoms with Crippen LogP contribution < -0.4 is 0 Å². The number of aliphatic hydroxyl groups excluding tert-OH is 1. The van der Waals surface area contributed by atoms with Gasteiger partial charge in [0.15, 0.2) is 0 Å². The minimum absolute atomic E-state index is 0.0526. The molecule has 0 aliphatic rings. The molecule has 106 valence electrons. The topological polar surface area (TPSA) is 49.8 Å². The molecule has 4 heteroatoms. The monoisotopic (exact) mass is 265 g/mol. The normalized spacial score (nSPS) is 11.1. The van der Waals surface area contributed by atoms with Crippen LogP contribution >= 0.6 is 0 Å². The van der Waals surface area contributed by atoms with Gasteiger partial charge in [0.2, 0.25) is 0 Å². The molecule has 1 N–H and O–H groups in total. The van der Waals surface area contributed by atoms with Gasteiger partial charge in [0, 0.05) is 12.6 Å². The van der Waals surface area contributed by atoms with Crippen LogP contribution in [0.15, 0.2) is 24.3 Å². The van der Waals surface area contributed by atoms with Crippen LogP contribution in [0.2, 0.25) is 0 Å². The second-order valence-electron chi connectivity index (χ2n) is 4.78. The summed E-state index contributed by atoms with van der Waals surface area (Å²) in [6.45, 7) is 7.39. The molecule has 0 heterocycles. The lowest BCUT2D eigenvalue weighted by Gasteiger charge is -2.25. The maximum atomic E-state index is 11.6. The molecule has 4 nitrogen and oxygen atoms in total. The van der Waals surface area contributed by atoms with Gasteiger partial charge in [-0.2, -0.15) is 0 Å². The largest absolute Gasteiger partial charge is 0.465 e. The third kappa shape index (κ3) is 5.41. The predicted molar refractivity (Wildman–Crippen MR) is 74.5 cm³/mol. The molecule has 0 bridgehead atoms. The van der Waals surface area contributed by atoms with Gasteiger partial charge in [0.25, 0.3) is 0 Å². The summed E-state index contributed by atoms with van der Waals surface area (Å²) in [7, 11) is 0. The number of hydrogen-bond donors (Lipinski definition) is 1. The Labute approximate surface area is 115 Å². The number of nitrogens with zero attached hydrogens (tertiary/aromatic N) is 1. The molecule has 0 fully saturated rings. The van der Waals surface area contributed by atoms with Crippen LogP contribution in [0.3, 0.4) is 0 Å². The van der Waals surface area contributed by atoms with Crippen LogP contribution in [0.4, 0.5) is 0 Å². The van der Waals surface area contributed by atoms with Crippen LogP contribution in [-0.2, 0) is 22.7 Å². The summed E-state index contributed by atoms with van der Waals surface area (Å²) in [6.07, 6.45) is 0. The number of benzene rings is 1. The summed E-state index contributed by atoms with van der Waals surface area (Å²) in [5.74, 6) is -0.192. The first-order chi connectivity index (χ1) is 9.06. The van der Waals surface area contributed by atoms with Gasteiger partial charge in [-0.15, -0.1) is 0 Å². The minimum atomic E-state index is -0.192. The predicted octanol–water partition coefficient (Wildman–Crippen LogP) is 1.95. The molecule has 0 aliphatic heterocycles. The van der Waals surface area contributed by atoms with Crippen molar-refractivity contribution in [2.75, 3.05) is 13.2 Å². The molecule has 1 rings (SSSR count). The zero-order chi connectivity index (χ0) is 14.3. The van der Waals surface area contributed by atoms with Gasteiger partial charge in [0.1, 0.15) is 0 Å². The molecule has 0 aromatic heterocycles. The zero-order valence-corrected chi connectivity index (χ0v) is 11.9. The van der Waals surface area contributed by atoms with E-state index in [1.165, 1.54) is 0 Å². The van der Waals surface area contributed by atoms with Gasteiger partial charge >= 0.3 is 5.97 Å². The molecule has 0 unspecified atom stereocenters. The van der Waals surface area contributed by atoms with Gasteiger partial charge in [-0.05, 0) is 31.9 Å². The lowest BCUT2D eigenvalue weighted by atomic mass is 10.1. The second kappa shape index (κ2) is 7.92. The van der Waals surface area contributed by atoms with Crippen molar-refractivity contribution in [3.63, 3.8) is 0 Å². The highest BCUT2D eigenvalue weighted by Gasteiger charge is 2.15. The van der Waals surface area contributed by atoms with Gasteiger partial charge in [0.05, 0.1) is 19.8 Å². The van der Waals surface area contributed by atoms with Crippen molar-refractivity contribution in [1.82, 2.24) is 4.90 Å². The molecule has 0 saturated carbocycles. The highest BCUT2D eigenvalue weighted by molar-refractivity contribution is 5.71. The Hall–Kier alpha value is -1.39. The van der Waals surface area contributed by atoms with E-state index >= 15 is 0 Å². The van der Waals surface area contributed by atoms with Crippen molar-refractivity contribution in [2.45, 2.75) is 40.0 Å². The molecule has 1 aromatic rings. The number of carbonyl (C=O) groups is 1. The fourth-order valence-electron chi connectivity index (χ4n) is 1.78. The van der Waals surface area contributed by atoms with E-state index in [2.05, 4.69) is 18.7 Å². The molecule has 0 aliphatic carbocycles. The average molecular weight is 265 g/mol. The third-order valence-corrected chi connectivity index (χ3v) is 2.96. The first-order valence-electron chi connectivity index (χ1n) is 6.65. The van der Waals surface area contributed by atoms with Gasteiger partial charge < -0.3 is 9.84 Å². The number of carbonyl (C=O) groups excluding carboxylic acids is 1. The van der Waals surface area contributed by atoms with E-state index in [1.54, 1.807) is 0 Å². The van der Waals surface area contributed by atoms with E-state index in [0.717, 1.165) is 11.1 Å². The van der Waals surface area contributed by atoms with Crippen LogP contribution in [0.5, 0.6) is 0 Å². The first kappa shape index (κ1) is 15.7. The van der Waals surface area contributed by atoms with Crippen LogP contribution in [0, 0.1) is 0 Å².